The van der Waals surface area contributed by atoms with E-state index in [1.165, 1.54) is 11.8 Å². The van der Waals surface area contributed by atoms with Gasteiger partial charge in [0.1, 0.15) is 11.0 Å². The van der Waals surface area contributed by atoms with E-state index in [-0.39, 0.29) is 11.6 Å². The van der Waals surface area contributed by atoms with Crippen LogP contribution in [0.1, 0.15) is 30.6 Å². The molecule has 0 bridgehead atoms. The van der Waals surface area contributed by atoms with E-state index in [1.54, 1.807) is 35.9 Å². The summed E-state index contributed by atoms with van der Waals surface area (Å²) in [6.45, 7) is 2.63. The maximum atomic E-state index is 13.1. The van der Waals surface area contributed by atoms with E-state index in [0.29, 0.717) is 23.1 Å². The number of amides is 1. The molecule has 1 aromatic heterocycles. The summed E-state index contributed by atoms with van der Waals surface area (Å²) in [5.41, 5.74) is 1.24. The molecule has 0 aliphatic carbocycles. The molecule has 0 radical (unpaired) electrons. The van der Waals surface area contributed by atoms with Crippen molar-refractivity contribution < 1.29 is 9.53 Å². The summed E-state index contributed by atoms with van der Waals surface area (Å²) < 4.78 is 6.74. The molecule has 0 saturated carbocycles. The molecule has 0 aliphatic heterocycles. The van der Waals surface area contributed by atoms with Crippen molar-refractivity contribution in [1.82, 2.24) is 14.8 Å². The highest BCUT2D eigenvalue weighted by Crippen LogP contribution is 2.35. The molecule has 0 aliphatic rings. The third kappa shape index (κ3) is 5.29. The molecular formula is C21H24N4O3S. The average Bonchev–Trinajstić information content (AvgIpc) is 3.10. The molecule has 2 aromatic carbocycles. The number of hydrogen-bond donors (Lipinski definition) is 2. The fourth-order valence-corrected chi connectivity index (χ4v) is 3.86. The third-order valence-corrected chi connectivity index (χ3v) is 5.62. The lowest BCUT2D eigenvalue weighted by molar-refractivity contribution is -0.115. The summed E-state index contributed by atoms with van der Waals surface area (Å²) in [5.74, 6) is 0.525. The number of carbonyl (C=O) groups excluding carboxylic acids is 1. The van der Waals surface area contributed by atoms with Gasteiger partial charge in [-0.25, -0.2) is 9.89 Å². The molecule has 8 heteroatoms. The Hall–Kier alpha value is -3.00. The number of thioether (sulfide) groups is 1. The Kier molecular flexibility index (Phi) is 7.13. The molecule has 0 fully saturated rings. The van der Waals surface area contributed by atoms with Crippen LogP contribution in [0.3, 0.4) is 0 Å². The molecule has 7 nitrogen and oxygen atoms in total. The van der Waals surface area contributed by atoms with Crippen LogP contribution in [0.2, 0.25) is 0 Å². The maximum Gasteiger partial charge on any atom is 0.343 e. The quantitative estimate of drug-likeness (QED) is 0.521. The molecule has 0 spiro atoms. The van der Waals surface area contributed by atoms with Crippen LogP contribution in [0.25, 0.3) is 0 Å². The second kappa shape index (κ2) is 9.97. The van der Waals surface area contributed by atoms with E-state index < -0.39 is 5.25 Å². The van der Waals surface area contributed by atoms with E-state index in [9.17, 15) is 9.59 Å². The predicted octanol–water partition coefficient (Wildman–Crippen LogP) is 3.85. The van der Waals surface area contributed by atoms with E-state index in [0.717, 1.165) is 18.4 Å². The Bertz CT molecular complexity index is 983. The lowest BCUT2D eigenvalue weighted by Crippen LogP contribution is -2.21. The summed E-state index contributed by atoms with van der Waals surface area (Å²) in [4.78, 5) is 25.2. The van der Waals surface area contributed by atoms with Crippen molar-refractivity contribution >= 4 is 23.4 Å². The van der Waals surface area contributed by atoms with Gasteiger partial charge in [0.25, 0.3) is 0 Å². The van der Waals surface area contributed by atoms with Crippen molar-refractivity contribution in [3.63, 3.8) is 0 Å². The fourth-order valence-electron chi connectivity index (χ4n) is 2.79. The molecule has 0 saturated heterocycles. The molecule has 1 atom stereocenters. The number of methoxy groups -OCH3 is 1. The summed E-state index contributed by atoms with van der Waals surface area (Å²) in [6.07, 6.45) is 1.82. The van der Waals surface area contributed by atoms with Crippen molar-refractivity contribution in [2.24, 2.45) is 0 Å². The predicted molar refractivity (Wildman–Crippen MR) is 114 cm³/mol. The van der Waals surface area contributed by atoms with E-state index >= 15 is 0 Å². The van der Waals surface area contributed by atoms with Crippen LogP contribution in [-0.2, 0) is 11.3 Å². The topological polar surface area (TPSA) is 89.0 Å². The number of rotatable bonds is 9. The fraction of sp³-hybridized carbons (Fsp3) is 0.286. The first-order chi connectivity index (χ1) is 14.1. The van der Waals surface area contributed by atoms with E-state index in [4.69, 9.17) is 4.74 Å². The van der Waals surface area contributed by atoms with Crippen molar-refractivity contribution in [1.29, 1.82) is 0 Å². The Balaban J connectivity index is 1.85. The van der Waals surface area contributed by atoms with E-state index in [2.05, 4.69) is 22.4 Å². The van der Waals surface area contributed by atoms with Gasteiger partial charge in [0.05, 0.1) is 7.11 Å². The number of nitrogens with zero attached hydrogens (tertiary/aromatic N) is 2. The van der Waals surface area contributed by atoms with Crippen LogP contribution in [0.15, 0.2) is 64.5 Å². The Morgan fingerprint density at radius 3 is 2.59 bits per heavy atom. The normalized spacial score (nSPS) is 11.8. The average molecular weight is 413 g/mol. The van der Waals surface area contributed by atoms with Crippen LogP contribution in [0.5, 0.6) is 5.75 Å². The zero-order chi connectivity index (χ0) is 20.6. The zero-order valence-corrected chi connectivity index (χ0v) is 17.2. The van der Waals surface area contributed by atoms with Gasteiger partial charge in [-0.1, -0.05) is 55.4 Å². The minimum absolute atomic E-state index is 0.191. The van der Waals surface area contributed by atoms with Gasteiger partial charge < -0.3 is 10.1 Å². The van der Waals surface area contributed by atoms with Gasteiger partial charge in [-0.15, -0.1) is 5.10 Å². The molecular weight excluding hydrogens is 388 g/mol. The van der Waals surface area contributed by atoms with Gasteiger partial charge in [-0.05, 0) is 36.2 Å². The summed E-state index contributed by atoms with van der Waals surface area (Å²) in [6, 6.07) is 16.6. The highest BCUT2D eigenvalue weighted by molar-refractivity contribution is 8.00. The molecule has 152 valence electrons. The van der Waals surface area contributed by atoms with Crippen LogP contribution < -0.4 is 15.7 Å². The van der Waals surface area contributed by atoms with E-state index in [1.807, 2.05) is 30.3 Å². The molecule has 2 N–H and O–H groups in total. The smallest absolute Gasteiger partial charge is 0.343 e. The highest BCUT2D eigenvalue weighted by atomic mass is 32.2. The lowest BCUT2D eigenvalue weighted by atomic mass is 10.1. The Labute approximate surface area is 173 Å². The number of unbranched alkanes of at least 4 members (excludes halogenated alkanes) is 1. The minimum Gasteiger partial charge on any atom is -0.497 e. The first kappa shape index (κ1) is 20.7. The van der Waals surface area contributed by atoms with Crippen molar-refractivity contribution in [2.75, 3.05) is 12.4 Å². The SMILES string of the molecule is CCCCn1c(SC(C(=O)Nc2ccc(OC)cc2)c2ccccc2)n[nH]c1=O. The summed E-state index contributed by atoms with van der Waals surface area (Å²) in [7, 11) is 1.59. The second-order valence-electron chi connectivity index (χ2n) is 6.44. The minimum atomic E-state index is -0.561. The Morgan fingerprint density at radius 2 is 1.93 bits per heavy atom. The number of benzene rings is 2. The van der Waals surface area contributed by atoms with Crippen LogP contribution in [0, 0.1) is 0 Å². The number of aromatic amines is 1. The summed E-state index contributed by atoms with van der Waals surface area (Å²) >= 11 is 1.26. The maximum absolute atomic E-state index is 13.1. The monoisotopic (exact) mass is 412 g/mol. The molecule has 3 aromatic rings. The van der Waals surface area contributed by atoms with Crippen LogP contribution in [-0.4, -0.2) is 27.8 Å². The second-order valence-corrected chi connectivity index (χ2v) is 7.52. The number of nitrogens with one attached hydrogen (secondary N) is 2. The van der Waals surface area contributed by atoms with Gasteiger partial charge in [-0.3, -0.25) is 9.36 Å². The molecule has 1 amide bonds. The van der Waals surface area contributed by atoms with Gasteiger partial charge in [0, 0.05) is 12.2 Å². The zero-order valence-electron chi connectivity index (χ0n) is 16.4. The molecule has 1 unspecified atom stereocenters. The first-order valence-corrected chi connectivity index (χ1v) is 10.3. The number of carbonyl (C=O) groups is 1. The largest absolute Gasteiger partial charge is 0.497 e. The van der Waals surface area contributed by atoms with Crippen LogP contribution >= 0.6 is 11.8 Å². The number of aromatic nitrogens is 3. The lowest BCUT2D eigenvalue weighted by Gasteiger charge is -2.17. The standard InChI is InChI=1S/C21H24N4O3S/c1-3-4-14-25-20(27)23-24-21(25)29-18(15-8-6-5-7-9-15)19(26)22-16-10-12-17(28-2)13-11-16/h5-13,18H,3-4,14H2,1-2H3,(H,22,26)(H,23,27). The summed E-state index contributed by atoms with van der Waals surface area (Å²) in [5, 5.41) is 9.51. The van der Waals surface area contributed by atoms with Gasteiger partial charge in [0.2, 0.25) is 5.91 Å². The number of anilines is 1. The number of H-pyrrole nitrogens is 1. The Morgan fingerprint density at radius 1 is 1.21 bits per heavy atom. The number of hydrogen-bond acceptors (Lipinski definition) is 5. The van der Waals surface area contributed by atoms with Crippen molar-refractivity contribution in [3.05, 3.63) is 70.6 Å². The molecule has 29 heavy (non-hydrogen) atoms. The van der Waals surface area contributed by atoms with Gasteiger partial charge >= 0.3 is 5.69 Å². The van der Waals surface area contributed by atoms with Gasteiger partial charge in [0.15, 0.2) is 5.16 Å². The van der Waals surface area contributed by atoms with Crippen molar-refractivity contribution in [3.8, 4) is 5.75 Å². The van der Waals surface area contributed by atoms with Crippen LogP contribution in [0.4, 0.5) is 5.69 Å². The highest BCUT2D eigenvalue weighted by Gasteiger charge is 2.25. The number of ether oxygens (including phenoxy) is 1. The van der Waals surface area contributed by atoms with Gasteiger partial charge in [-0.2, -0.15) is 0 Å². The molecule has 1 heterocycles. The van der Waals surface area contributed by atoms with Crippen molar-refractivity contribution in [2.45, 2.75) is 36.7 Å². The third-order valence-electron chi connectivity index (χ3n) is 4.38. The molecule has 3 rings (SSSR count). The first-order valence-electron chi connectivity index (χ1n) is 9.44.